The van der Waals surface area contributed by atoms with Crippen LogP contribution in [-0.2, 0) is 16.6 Å². The highest BCUT2D eigenvalue weighted by Crippen LogP contribution is 2.27. The predicted octanol–water partition coefficient (Wildman–Crippen LogP) is 3.33. The van der Waals surface area contributed by atoms with Crippen molar-refractivity contribution in [2.24, 2.45) is 7.05 Å². The monoisotopic (exact) mass is 473 g/mol. The molecule has 12 heteroatoms. The number of aromatic nitrogens is 5. The molecular formula is C21H24ClN7O4. The number of aryl methyl sites for hydroxylation is 1. The van der Waals surface area contributed by atoms with Crippen molar-refractivity contribution in [2.45, 2.75) is 38.9 Å². The van der Waals surface area contributed by atoms with Crippen molar-refractivity contribution in [3.05, 3.63) is 47.4 Å². The van der Waals surface area contributed by atoms with Crippen LogP contribution in [0.2, 0.25) is 5.15 Å². The quantitative estimate of drug-likeness (QED) is 0.443. The van der Waals surface area contributed by atoms with Gasteiger partial charge < -0.3 is 15.2 Å². The van der Waals surface area contributed by atoms with Gasteiger partial charge in [0.1, 0.15) is 11.3 Å². The SMILES string of the molecule is C[C@@H](OC(=O)Nc1c(-c2ccc(NC(=O)CC(C)(C)O)cn2)nnn1C)c1cccnc1Cl. The van der Waals surface area contributed by atoms with Crippen molar-refractivity contribution >= 4 is 35.1 Å². The zero-order valence-electron chi connectivity index (χ0n) is 18.5. The number of carbonyl (C=O) groups is 2. The van der Waals surface area contributed by atoms with Crippen LogP contribution in [0.15, 0.2) is 36.7 Å². The summed E-state index contributed by atoms with van der Waals surface area (Å²) in [5.74, 6) is -0.0692. The van der Waals surface area contributed by atoms with Crippen LogP contribution in [0.5, 0.6) is 0 Å². The number of nitrogens with one attached hydrogen (secondary N) is 2. The van der Waals surface area contributed by atoms with Crippen molar-refractivity contribution in [1.82, 2.24) is 25.0 Å². The lowest BCUT2D eigenvalue weighted by atomic mass is 10.1. The fourth-order valence-electron chi connectivity index (χ4n) is 2.93. The average Bonchev–Trinajstić information content (AvgIpc) is 3.07. The van der Waals surface area contributed by atoms with Crippen LogP contribution in [0, 0.1) is 0 Å². The van der Waals surface area contributed by atoms with Gasteiger partial charge in [-0.1, -0.05) is 22.9 Å². The van der Waals surface area contributed by atoms with Crippen LogP contribution in [-0.4, -0.2) is 47.7 Å². The lowest BCUT2D eigenvalue weighted by molar-refractivity contribution is -0.119. The fraction of sp³-hybridized carbons (Fsp3) is 0.333. The maximum atomic E-state index is 12.5. The van der Waals surface area contributed by atoms with E-state index >= 15 is 0 Å². The van der Waals surface area contributed by atoms with E-state index in [1.54, 1.807) is 58.3 Å². The van der Waals surface area contributed by atoms with Gasteiger partial charge in [0, 0.05) is 18.8 Å². The molecular weight excluding hydrogens is 450 g/mol. The molecule has 1 atom stereocenters. The van der Waals surface area contributed by atoms with E-state index in [0.717, 1.165) is 0 Å². The van der Waals surface area contributed by atoms with Crippen molar-refractivity contribution in [3.63, 3.8) is 0 Å². The molecule has 11 nitrogen and oxygen atoms in total. The van der Waals surface area contributed by atoms with E-state index in [1.807, 2.05) is 0 Å². The van der Waals surface area contributed by atoms with Crippen LogP contribution in [0.3, 0.4) is 0 Å². The largest absolute Gasteiger partial charge is 0.441 e. The summed E-state index contributed by atoms with van der Waals surface area (Å²) in [6, 6.07) is 6.67. The maximum Gasteiger partial charge on any atom is 0.413 e. The Kier molecular flexibility index (Phi) is 7.24. The second-order valence-electron chi connectivity index (χ2n) is 7.94. The average molecular weight is 474 g/mol. The fourth-order valence-corrected chi connectivity index (χ4v) is 3.20. The van der Waals surface area contributed by atoms with E-state index in [4.69, 9.17) is 16.3 Å². The number of pyridine rings is 2. The number of anilines is 2. The number of hydrogen-bond acceptors (Lipinski definition) is 8. The number of aliphatic hydroxyl groups is 1. The summed E-state index contributed by atoms with van der Waals surface area (Å²) in [5, 5.41) is 23.3. The Hall–Kier alpha value is -3.57. The minimum absolute atomic E-state index is 0.0578. The summed E-state index contributed by atoms with van der Waals surface area (Å²) in [4.78, 5) is 32.7. The minimum atomic E-state index is -1.12. The molecule has 0 aliphatic rings. The number of hydrogen-bond donors (Lipinski definition) is 3. The van der Waals surface area contributed by atoms with Gasteiger partial charge in [-0.05, 0) is 39.0 Å². The second-order valence-corrected chi connectivity index (χ2v) is 8.29. The van der Waals surface area contributed by atoms with Crippen molar-refractivity contribution in [3.8, 4) is 11.4 Å². The first kappa shape index (κ1) is 24.1. The third kappa shape index (κ3) is 6.46. The first-order chi connectivity index (χ1) is 15.5. The first-order valence-corrected chi connectivity index (χ1v) is 10.4. The molecule has 0 aliphatic carbocycles. The molecule has 33 heavy (non-hydrogen) atoms. The normalized spacial score (nSPS) is 12.2. The van der Waals surface area contributed by atoms with Gasteiger partial charge in [0.15, 0.2) is 11.5 Å². The first-order valence-electron chi connectivity index (χ1n) is 10.00. The predicted molar refractivity (Wildman–Crippen MR) is 122 cm³/mol. The van der Waals surface area contributed by atoms with Gasteiger partial charge in [-0.25, -0.2) is 14.5 Å². The standard InChI is InChI=1S/C21H24ClN7O4/c1-12(14-6-5-9-23-18(14)22)33-20(31)26-19-17(27-28-29(19)4)15-8-7-13(11-24-15)25-16(30)10-21(2,3)32/h5-9,11-12,32H,10H2,1-4H3,(H,25,30)(H,26,31)/t12-/m1/s1. The Morgan fingerprint density at radius 3 is 2.64 bits per heavy atom. The third-order valence-electron chi connectivity index (χ3n) is 4.44. The van der Waals surface area contributed by atoms with Crippen LogP contribution < -0.4 is 10.6 Å². The Labute approximate surface area is 195 Å². The second kappa shape index (κ2) is 9.92. The smallest absolute Gasteiger partial charge is 0.413 e. The van der Waals surface area contributed by atoms with Gasteiger partial charge in [0.05, 0.1) is 29.6 Å². The Morgan fingerprint density at radius 2 is 2.00 bits per heavy atom. The number of ether oxygens (including phenoxy) is 1. The summed E-state index contributed by atoms with van der Waals surface area (Å²) in [5.41, 5.74) is 0.638. The van der Waals surface area contributed by atoms with Gasteiger partial charge in [-0.2, -0.15) is 0 Å². The molecule has 0 aliphatic heterocycles. The molecule has 0 unspecified atom stereocenters. The highest BCUT2D eigenvalue weighted by molar-refractivity contribution is 6.30. The van der Waals surface area contributed by atoms with Gasteiger partial charge in [0.2, 0.25) is 5.91 Å². The molecule has 3 rings (SSSR count). The Morgan fingerprint density at radius 1 is 1.24 bits per heavy atom. The molecule has 3 aromatic heterocycles. The highest BCUT2D eigenvalue weighted by atomic mass is 35.5. The van der Waals surface area contributed by atoms with Crippen LogP contribution in [0.1, 0.15) is 38.9 Å². The van der Waals surface area contributed by atoms with E-state index in [9.17, 15) is 14.7 Å². The van der Waals surface area contributed by atoms with E-state index in [0.29, 0.717) is 22.6 Å². The molecule has 0 bridgehead atoms. The molecule has 0 radical (unpaired) electrons. The van der Waals surface area contributed by atoms with Crippen molar-refractivity contribution in [2.75, 3.05) is 10.6 Å². The Bertz CT molecular complexity index is 1140. The number of rotatable bonds is 7. The number of nitrogens with zero attached hydrogens (tertiary/aromatic N) is 5. The molecule has 3 N–H and O–H groups in total. The summed E-state index contributed by atoms with van der Waals surface area (Å²) in [6.45, 7) is 4.78. The lowest BCUT2D eigenvalue weighted by Gasteiger charge is -2.16. The molecule has 174 valence electrons. The molecule has 0 spiro atoms. The summed E-state index contributed by atoms with van der Waals surface area (Å²) in [6.07, 6.45) is 1.56. The molecule has 0 saturated heterocycles. The summed E-state index contributed by atoms with van der Waals surface area (Å²) < 4.78 is 6.78. The van der Waals surface area contributed by atoms with E-state index in [2.05, 4.69) is 30.9 Å². The molecule has 3 heterocycles. The van der Waals surface area contributed by atoms with Gasteiger partial charge >= 0.3 is 6.09 Å². The molecule has 3 aromatic rings. The van der Waals surface area contributed by atoms with E-state index in [-0.39, 0.29) is 23.3 Å². The zero-order valence-corrected chi connectivity index (χ0v) is 19.3. The highest BCUT2D eigenvalue weighted by Gasteiger charge is 2.21. The van der Waals surface area contributed by atoms with Gasteiger partial charge in [0.25, 0.3) is 0 Å². The Balaban J connectivity index is 1.70. The number of halogens is 1. The maximum absolute atomic E-state index is 12.5. The van der Waals surface area contributed by atoms with E-state index in [1.165, 1.54) is 10.9 Å². The molecule has 0 saturated carbocycles. The third-order valence-corrected chi connectivity index (χ3v) is 4.76. The minimum Gasteiger partial charge on any atom is -0.441 e. The molecule has 2 amide bonds. The number of amides is 2. The van der Waals surface area contributed by atoms with Crippen LogP contribution in [0.25, 0.3) is 11.4 Å². The van der Waals surface area contributed by atoms with Crippen LogP contribution in [0.4, 0.5) is 16.3 Å². The topological polar surface area (TPSA) is 144 Å². The molecule has 0 aromatic carbocycles. The molecule has 0 fully saturated rings. The van der Waals surface area contributed by atoms with Crippen molar-refractivity contribution < 1.29 is 19.4 Å². The summed E-state index contributed by atoms with van der Waals surface area (Å²) >= 11 is 6.06. The van der Waals surface area contributed by atoms with E-state index < -0.39 is 17.8 Å². The van der Waals surface area contributed by atoms with Gasteiger partial charge in [-0.15, -0.1) is 5.10 Å². The lowest BCUT2D eigenvalue weighted by Crippen LogP contribution is -2.27. The van der Waals surface area contributed by atoms with Gasteiger partial charge in [-0.3, -0.25) is 15.1 Å². The summed E-state index contributed by atoms with van der Waals surface area (Å²) in [7, 11) is 1.61. The van der Waals surface area contributed by atoms with Crippen LogP contribution >= 0.6 is 11.6 Å². The number of carbonyl (C=O) groups excluding carboxylic acids is 2. The zero-order chi connectivity index (χ0) is 24.2. The van der Waals surface area contributed by atoms with Crippen molar-refractivity contribution in [1.29, 1.82) is 0 Å².